The van der Waals surface area contributed by atoms with Crippen molar-refractivity contribution in [3.8, 4) is 6.07 Å². The van der Waals surface area contributed by atoms with E-state index in [9.17, 15) is 4.79 Å². The number of carboxylic acids is 1. The van der Waals surface area contributed by atoms with Crippen LogP contribution in [0, 0.1) is 11.3 Å². The maximum atomic E-state index is 10.7. The fourth-order valence-corrected chi connectivity index (χ4v) is 0.977. The monoisotopic (exact) mass is 206 g/mol. The van der Waals surface area contributed by atoms with Crippen molar-refractivity contribution < 1.29 is 9.90 Å². The molecule has 0 fully saturated rings. The molecule has 6 nitrogen and oxygen atoms in total. The van der Waals surface area contributed by atoms with Crippen LogP contribution in [0.1, 0.15) is 19.0 Å². The molecule has 0 saturated carbocycles. The first-order valence-corrected chi connectivity index (χ1v) is 4.39. The molecule has 6 heteroatoms. The molecule has 1 atom stereocenters. The Hall–Kier alpha value is -2.16. The van der Waals surface area contributed by atoms with Gasteiger partial charge in [-0.2, -0.15) is 5.26 Å². The van der Waals surface area contributed by atoms with Gasteiger partial charge in [0, 0.05) is 0 Å². The van der Waals surface area contributed by atoms with E-state index in [2.05, 4.69) is 15.3 Å². The lowest BCUT2D eigenvalue weighted by atomic mass is 10.2. The van der Waals surface area contributed by atoms with Crippen LogP contribution >= 0.6 is 0 Å². The molecule has 0 spiro atoms. The topological polar surface area (TPSA) is 98.9 Å². The molecule has 0 aromatic carbocycles. The zero-order valence-electron chi connectivity index (χ0n) is 8.14. The standard InChI is InChI=1S/C9H10N4O2/c1-2-7(9(14)15)13-8-5-11-6(3-10)4-12-8/h4-5,7H,2H2,1H3,(H,12,13)(H,14,15). The molecule has 1 aromatic heterocycles. The van der Waals surface area contributed by atoms with Crippen LogP contribution in [0.5, 0.6) is 0 Å². The zero-order valence-corrected chi connectivity index (χ0v) is 8.14. The molecule has 0 saturated heterocycles. The average molecular weight is 206 g/mol. The van der Waals surface area contributed by atoms with Crippen LogP contribution < -0.4 is 5.32 Å². The summed E-state index contributed by atoms with van der Waals surface area (Å²) in [6, 6.07) is 1.14. The van der Waals surface area contributed by atoms with Crippen molar-refractivity contribution in [1.29, 1.82) is 5.26 Å². The molecule has 15 heavy (non-hydrogen) atoms. The molecule has 0 aliphatic rings. The van der Waals surface area contributed by atoms with Crippen LogP contribution in [0.4, 0.5) is 5.82 Å². The average Bonchev–Trinajstić information content (AvgIpc) is 2.26. The van der Waals surface area contributed by atoms with E-state index in [1.165, 1.54) is 12.4 Å². The van der Waals surface area contributed by atoms with E-state index in [1.54, 1.807) is 6.92 Å². The number of rotatable bonds is 4. The van der Waals surface area contributed by atoms with Gasteiger partial charge in [0.15, 0.2) is 5.69 Å². The Morgan fingerprint density at radius 2 is 2.40 bits per heavy atom. The van der Waals surface area contributed by atoms with Crippen LogP contribution in [0.25, 0.3) is 0 Å². The lowest BCUT2D eigenvalue weighted by Gasteiger charge is -2.11. The number of hydrogen-bond donors (Lipinski definition) is 2. The van der Waals surface area contributed by atoms with E-state index in [0.29, 0.717) is 12.2 Å². The van der Waals surface area contributed by atoms with Gasteiger partial charge in [-0.3, -0.25) is 0 Å². The van der Waals surface area contributed by atoms with Crippen molar-refractivity contribution in [2.75, 3.05) is 5.32 Å². The first-order chi connectivity index (χ1) is 7.17. The number of anilines is 1. The van der Waals surface area contributed by atoms with Crippen molar-refractivity contribution in [3.63, 3.8) is 0 Å². The molecule has 1 rings (SSSR count). The number of aliphatic carboxylic acids is 1. The number of nitrogens with one attached hydrogen (secondary N) is 1. The first kappa shape index (κ1) is 10.9. The molecule has 0 aliphatic heterocycles. The SMILES string of the molecule is CCC(Nc1cnc(C#N)cn1)C(=O)O. The highest BCUT2D eigenvalue weighted by Gasteiger charge is 2.14. The molecule has 1 heterocycles. The molecule has 1 aromatic rings. The minimum Gasteiger partial charge on any atom is -0.480 e. The van der Waals surface area contributed by atoms with E-state index in [4.69, 9.17) is 10.4 Å². The summed E-state index contributed by atoms with van der Waals surface area (Å²) in [5.41, 5.74) is 0.198. The third kappa shape index (κ3) is 2.91. The summed E-state index contributed by atoms with van der Waals surface area (Å²) in [6.45, 7) is 1.75. The number of carboxylic acid groups (broad SMARTS) is 1. The minimum absolute atomic E-state index is 0.198. The number of hydrogen-bond acceptors (Lipinski definition) is 5. The highest BCUT2D eigenvalue weighted by Crippen LogP contribution is 2.05. The highest BCUT2D eigenvalue weighted by molar-refractivity contribution is 5.76. The van der Waals surface area contributed by atoms with Gasteiger partial charge in [-0.1, -0.05) is 6.92 Å². The molecular weight excluding hydrogens is 196 g/mol. The van der Waals surface area contributed by atoms with Crippen molar-refractivity contribution in [3.05, 3.63) is 18.1 Å². The Balaban J connectivity index is 2.72. The van der Waals surface area contributed by atoms with Crippen LogP contribution in [0.3, 0.4) is 0 Å². The smallest absolute Gasteiger partial charge is 0.326 e. The van der Waals surface area contributed by atoms with Crippen molar-refractivity contribution in [2.45, 2.75) is 19.4 Å². The quantitative estimate of drug-likeness (QED) is 0.749. The Morgan fingerprint density at radius 1 is 1.67 bits per heavy atom. The summed E-state index contributed by atoms with van der Waals surface area (Å²) in [6.07, 6.45) is 3.07. The van der Waals surface area contributed by atoms with Gasteiger partial charge in [-0.25, -0.2) is 14.8 Å². The molecule has 2 N–H and O–H groups in total. The van der Waals surface area contributed by atoms with Gasteiger partial charge in [-0.15, -0.1) is 0 Å². The lowest BCUT2D eigenvalue weighted by Crippen LogP contribution is -2.28. The molecule has 0 radical (unpaired) electrons. The normalized spacial score (nSPS) is 11.5. The predicted octanol–water partition coefficient (Wildman–Crippen LogP) is 0.623. The van der Waals surface area contributed by atoms with Crippen molar-refractivity contribution in [1.82, 2.24) is 9.97 Å². The van der Waals surface area contributed by atoms with Gasteiger partial charge in [-0.05, 0) is 6.42 Å². The lowest BCUT2D eigenvalue weighted by molar-refractivity contribution is -0.137. The third-order valence-electron chi connectivity index (χ3n) is 1.79. The summed E-state index contributed by atoms with van der Waals surface area (Å²) in [7, 11) is 0. The van der Waals surface area contributed by atoms with E-state index in [0.717, 1.165) is 0 Å². The summed E-state index contributed by atoms with van der Waals surface area (Å²) >= 11 is 0. The summed E-state index contributed by atoms with van der Waals surface area (Å²) in [5.74, 6) is -0.591. The van der Waals surface area contributed by atoms with Crippen LogP contribution in [0.15, 0.2) is 12.4 Å². The third-order valence-corrected chi connectivity index (χ3v) is 1.79. The summed E-state index contributed by atoms with van der Waals surface area (Å²) < 4.78 is 0. The van der Waals surface area contributed by atoms with Crippen molar-refractivity contribution >= 4 is 11.8 Å². The Morgan fingerprint density at radius 3 is 2.80 bits per heavy atom. The van der Waals surface area contributed by atoms with E-state index >= 15 is 0 Å². The largest absolute Gasteiger partial charge is 0.480 e. The number of carbonyl (C=O) groups is 1. The molecule has 78 valence electrons. The van der Waals surface area contributed by atoms with Crippen molar-refractivity contribution in [2.24, 2.45) is 0 Å². The Bertz CT molecular complexity index is 382. The van der Waals surface area contributed by atoms with Gasteiger partial charge in [0.1, 0.15) is 17.9 Å². The fraction of sp³-hybridized carbons (Fsp3) is 0.333. The predicted molar refractivity (Wildman–Crippen MR) is 52.1 cm³/mol. The van der Waals surface area contributed by atoms with Gasteiger partial charge in [0.05, 0.1) is 12.4 Å². The molecule has 0 amide bonds. The van der Waals surface area contributed by atoms with Gasteiger partial charge in [0.2, 0.25) is 0 Å². The first-order valence-electron chi connectivity index (χ1n) is 4.39. The zero-order chi connectivity index (χ0) is 11.3. The molecule has 0 bridgehead atoms. The summed E-state index contributed by atoms with van der Waals surface area (Å²) in [4.78, 5) is 18.3. The molecule has 0 aliphatic carbocycles. The van der Waals surface area contributed by atoms with E-state index in [1.807, 2.05) is 6.07 Å². The van der Waals surface area contributed by atoms with Gasteiger partial charge < -0.3 is 10.4 Å². The van der Waals surface area contributed by atoms with Gasteiger partial charge >= 0.3 is 5.97 Å². The Kier molecular flexibility index (Phi) is 3.57. The second-order valence-electron chi connectivity index (χ2n) is 2.84. The van der Waals surface area contributed by atoms with Crippen LogP contribution in [-0.4, -0.2) is 27.1 Å². The molecule has 1 unspecified atom stereocenters. The fourth-order valence-electron chi connectivity index (χ4n) is 0.977. The highest BCUT2D eigenvalue weighted by atomic mass is 16.4. The van der Waals surface area contributed by atoms with E-state index < -0.39 is 12.0 Å². The minimum atomic E-state index is -0.941. The van der Waals surface area contributed by atoms with Gasteiger partial charge in [0.25, 0.3) is 0 Å². The number of nitriles is 1. The maximum Gasteiger partial charge on any atom is 0.326 e. The second kappa shape index (κ2) is 4.91. The summed E-state index contributed by atoms with van der Waals surface area (Å²) in [5, 5.41) is 19.9. The van der Waals surface area contributed by atoms with E-state index in [-0.39, 0.29) is 5.69 Å². The second-order valence-corrected chi connectivity index (χ2v) is 2.84. The van der Waals surface area contributed by atoms with Crippen LogP contribution in [0.2, 0.25) is 0 Å². The maximum absolute atomic E-state index is 10.7. The molecular formula is C9H10N4O2. The Labute approximate surface area is 86.6 Å². The van der Waals surface area contributed by atoms with Crippen LogP contribution in [-0.2, 0) is 4.79 Å². The number of aromatic nitrogens is 2. The number of nitrogens with zero attached hydrogens (tertiary/aromatic N) is 3.